The first-order valence-electron chi connectivity index (χ1n) is 5.02. The van der Waals surface area contributed by atoms with Gasteiger partial charge in [0.25, 0.3) is 5.56 Å². The van der Waals surface area contributed by atoms with Crippen molar-refractivity contribution in [1.29, 1.82) is 0 Å². The largest absolute Gasteiger partial charge is 0.306 e. The van der Waals surface area contributed by atoms with Crippen LogP contribution in [0, 0.1) is 19.7 Å². The van der Waals surface area contributed by atoms with Gasteiger partial charge in [0, 0.05) is 16.8 Å². The smallest absolute Gasteiger partial charge is 0.254 e. The van der Waals surface area contributed by atoms with Gasteiger partial charge in [-0.05, 0) is 32.0 Å². The van der Waals surface area contributed by atoms with E-state index in [2.05, 4.69) is 9.97 Å². The third kappa shape index (κ3) is 2.22. The van der Waals surface area contributed by atoms with Gasteiger partial charge in [0.05, 0.1) is 5.02 Å². The van der Waals surface area contributed by atoms with Crippen LogP contribution in [0.25, 0.3) is 11.4 Å². The standard InChI is InChI=1S/C12H10ClFN2O/c1-6-7(2)15-11(16-12(6)17)8-3-4-10(14)9(13)5-8/h3-5H,1-2H3,(H,15,16,17). The fraction of sp³-hybridized carbons (Fsp3) is 0.167. The van der Waals surface area contributed by atoms with E-state index in [1.807, 2.05) is 0 Å². The third-order valence-electron chi connectivity index (χ3n) is 2.59. The molecule has 0 saturated carbocycles. The molecule has 88 valence electrons. The molecular formula is C12H10ClFN2O. The molecule has 2 rings (SSSR count). The summed E-state index contributed by atoms with van der Waals surface area (Å²) < 4.78 is 13.0. The lowest BCUT2D eigenvalue weighted by molar-refractivity contribution is 0.628. The van der Waals surface area contributed by atoms with Crippen LogP contribution in [-0.2, 0) is 0 Å². The first-order valence-corrected chi connectivity index (χ1v) is 5.40. The number of nitrogens with zero attached hydrogens (tertiary/aromatic N) is 1. The molecule has 5 heteroatoms. The van der Waals surface area contributed by atoms with Crippen LogP contribution in [0.2, 0.25) is 5.02 Å². The minimum absolute atomic E-state index is 0.00313. The SMILES string of the molecule is Cc1nc(-c2ccc(F)c(Cl)c2)[nH]c(=O)c1C. The van der Waals surface area contributed by atoms with E-state index in [-0.39, 0.29) is 10.6 Å². The van der Waals surface area contributed by atoms with E-state index in [1.165, 1.54) is 18.2 Å². The van der Waals surface area contributed by atoms with Crippen LogP contribution in [0.1, 0.15) is 11.3 Å². The molecule has 1 aromatic carbocycles. The van der Waals surface area contributed by atoms with E-state index < -0.39 is 5.82 Å². The molecule has 1 aromatic heterocycles. The van der Waals surface area contributed by atoms with Gasteiger partial charge in [0.15, 0.2) is 0 Å². The minimum atomic E-state index is -0.499. The number of aromatic nitrogens is 2. The Labute approximate surface area is 102 Å². The zero-order valence-corrected chi connectivity index (χ0v) is 10.1. The molecule has 1 heterocycles. The summed E-state index contributed by atoms with van der Waals surface area (Å²) in [6.07, 6.45) is 0. The first-order chi connectivity index (χ1) is 7.99. The lowest BCUT2D eigenvalue weighted by atomic mass is 10.2. The van der Waals surface area contributed by atoms with Crippen molar-refractivity contribution < 1.29 is 4.39 Å². The number of hydrogen-bond donors (Lipinski definition) is 1. The molecule has 0 fully saturated rings. The van der Waals surface area contributed by atoms with E-state index in [0.29, 0.717) is 22.6 Å². The average molecular weight is 253 g/mol. The predicted molar refractivity (Wildman–Crippen MR) is 64.7 cm³/mol. The minimum Gasteiger partial charge on any atom is -0.306 e. The molecule has 0 atom stereocenters. The molecule has 1 N–H and O–H groups in total. The Balaban J connectivity index is 2.61. The van der Waals surface area contributed by atoms with E-state index in [1.54, 1.807) is 13.8 Å². The molecule has 0 saturated heterocycles. The summed E-state index contributed by atoms with van der Waals surface area (Å²) in [6.45, 7) is 3.45. The number of nitrogens with one attached hydrogen (secondary N) is 1. The number of aromatic amines is 1. The monoisotopic (exact) mass is 252 g/mol. The quantitative estimate of drug-likeness (QED) is 0.848. The van der Waals surface area contributed by atoms with E-state index in [0.717, 1.165) is 0 Å². The molecular weight excluding hydrogens is 243 g/mol. The fourth-order valence-electron chi connectivity index (χ4n) is 1.43. The molecule has 0 aliphatic rings. The maximum atomic E-state index is 13.0. The Morgan fingerprint density at radius 2 is 2.06 bits per heavy atom. The molecule has 17 heavy (non-hydrogen) atoms. The third-order valence-corrected chi connectivity index (χ3v) is 2.88. The van der Waals surface area contributed by atoms with Crippen molar-refractivity contribution in [2.24, 2.45) is 0 Å². The van der Waals surface area contributed by atoms with E-state index in [4.69, 9.17) is 11.6 Å². The average Bonchev–Trinajstić information content (AvgIpc) is 2.29. The lowest BCUT2D eigenvalue weighted by Gasteiger charge is -2.05. The first kappa shape index (κ1) is 11.8. The van der Waals surface area contributed by atoms with Gasteiger partial charge in [0.1, 0.15) is 11.6 Å². The van der Waals surface area contributed by atoms with Gasteiger partial charge in [0.2, 0.25) is 0 Å². The van der Waals surface area contributed by atoms with Gasteiger partial charge >= 0.3 is 0 Å². The molecule has 0 spiro atoms. The lowest BCUT2D eigenvalue weighted by Crippen LogP contribution is -2.14. The highest BCUT2D eigenvalue weighted by Gasteiger charge is 2.08. The molecule has 0 bridgehead atoms. The maximum Gasteiger partial charge on any atom is 0.254 e. The van der Waals surface area contributed by atoms with Gasteiger partial charge in [-0.2, -0.15) is 0 Å². The molecule has 0 aliphatic heterocycles. The Morgan fingerprint density at radius 3 is 2.65 bits per heavy atom. The van der Waals surface area contributed by atoms with Gasteiger partial charge in [-0.25, -0.2) is 9.37 Å². The van der Waals surface area contributed by atoms with Crippen LogP contribution in [0.5, 0.6) is 0 Å². The molecule has 0 amide bonds. The highest BCUT2D eigenvalue weighted by molar-refractivity contribution is 6.31. The van der Waals surface area contributed by atoms with E-state index >= 15 is 0 Å². The van der Waals surface area contributed by atoms with Gasteiger partial charge in [-0.3, -0.25) is 4.79 Å². The second kappa shape index (κ2) is 4.30. The summed E-state index contributed by atoms with van der Waals surface area (Å²) in [5.41, 5.74) is 1.59. The number of rotatable bonds is 1. The molecule has 2 aromatic rings. The topological polar surface area (TPSA) is 45.8 Å². The molecule has 3 nitrogen and oxygen atoms in total. The van der Waals surface area contributed by atoms with E-state index in [9.17, 15) is 9.18 Å². The summed E-state index contributed by atoms with van der Waals surface area (Å²) in [7, 11) is 0. The number of H-pyrrole nitrogens is 1. The van der Waals surface area contributed by atoms with Crippen molar-refractivity contribution in [3.05, 3.63) is 50.7 Å². The van der Waals surface area contributed by atoms with Crippen LogP contribution < -0.4 is 5.56 Å². The van der Waals surface area contributed by atoms with Crippen molar-refractivity contribution >= 4 is 11.6 Å². The summed E-state index contributed by atoms with van der Waals surface area (Å²) in [5, 5.41) is 0.00313. The highest BCUT2D eigenvalue weighted by Crippen LogP contribution is 2.22. The highest BCUT2D eigenvalue weighted by atomic mass is 35.5. The Bertz CT molecular complexity index is 637. The van der Waals surface area contributed by atoms with Crippen LogP contribution >= 0.6 is 11.6 Å². The van der Waals surface area contributed by atoms with Crippen molar-refractivity contribution in [2.45, 2.75) is 13.8 Å². The van der Waals surface area contributed by atoms with Crippen molar-refractivity contribution in [2.75, 3.05) is 0 Å². The summed E-state index contributed by atoms with van der Waals surface area (Å²) in [4.78, 5) is 18.5. The zero-order chi connectivity index (χ0) is 12.6. The number of hydrogen-bond acceptors (Lipinski definition) is 2. The Morgan fingerprint density at radius 1 is 1.35 bits per heavy atom. The molecule has 0 aliphatic carbocycles. The normalized spacial score (nSPS) is 10.6. The summed E-state index contributed by atoms with van der Waals surface area (Å²) in [5.74, 6) is -0.110. The van der Waals surface area contributed by atoms with Crippen LogP contribution in [0.4, 0.5) is 4.39 Å². The molecule has 0 radical (unpaired) electrons. The second-order valence-electron chi connectivity index (χ2n) is 3.75. The zero-order valence-electron chi connectivity index (χ0n) is 9.34. The van der Waals surface area contributed by atoms with Crippen LogP contribution in [0.3, 0.4) is 0 Å². The second-order valence-corrected chi connectivity index (χ2v) is 4.16. The Hall–Kier alpha value is -1.68. The van der Waals surface area contributed by atoms with Crippen molar-refractivity contribution in [1.82, 2.24) is 9.97 Å². The summed E-state index contributed by atoms with van der Waals surface area (Å²) in [6, 6.07) is 4.20. The number of aryl methyl sites for hydroxylation is 1. The fourth-order valence-corrected chi connectivity index (χ4v) is 1.61. The van der Waals surface area contributed by atoms with Crippen LogP contribution in [0.15, 0.2) is 23.0 Å². The van der Waals surface area contributed by atoms with Crippen molar-refractivity contribution in [3.63, 3.8) is 0 Å². The molecule has 0 unspecified atom stereocenters. The Kier molecular flexibility index (Phi) is 2.98. The maximum absolute atomic E-state index is 13.0. The van der Waals surface area contributed by atoms with Gasteiger partial charge < -0.3 is 4.98 Å². The van der Waals surface area contributed by atoms with Crippen molar-refractivity contribution in [3.8, 4) is 11.4 Å². The number of halogens is 2. The summed E-state index contributed by atoms with van der Waals surface area (Å²) >= 11 is 5.68. The van der Waals surface area contributed by atoms with Gasteiger partial charge in [-0.15, -0.1) is 0 Å². The van der Waals surface area contributed by atoms with Crippen LogP contribution in [-0.4, -0.2) is 9.97 Å². The predicted octanol–water partition coefficient (Wildman–Crippen LogP) is 2.85. The number of benzene rings is 1. The van der Waals surface area contributed by atoms with Gasteiger partial charge in [-0.1, -0.05) is 11.6 Å².